The van der Waals surface area contributed by atoms with Crippen molar-refractivity contribution in [1.82, 2.24) is 15.5 Å². The van der Waals surface area contributed by atoms with Gasteiger partial charge in [0.2, 0.25) is 6.79 Å². The van der Waals surface area contributed by atoms with Crippen LogP contribution < -0.4 is 20.1 Å². The van der Waals surface area contributed by atoms with E-state index in [1.54, 1.807) is 0 Å². The van der Waals surface area contributed by atoms with Crippen molar-refractivity contribution in [3.05, 3.63) is 59.2 Å². The molecule has 7 heteroatoms. The normalized spacial score (nSPS) is 17.5. The van der Waals surface area contributed by atoms with Crippen LogP contribution in [0.4, 0.5) is 4.79 Å². The van der Waals surface area contributed by atoms with E-state index < -0.39 is 0 Å². The van der Waals surface area contributed by atoms with Gasteiger partial charge in [-0.05, 0) is 55.2 Å². The van der Waals surface area contributed by atoms with Crippen molar-refractivity contribution in [3.63, 3.8) is 0 Å². The monoisotopic (exact) mass is 409 g/mol. The van der Waals surface area contributed by atoms with Crippen molar-refractivity contribution in [1.29, 1.82) is 0 Å². The average Bonchev–Trinajstić information content (AvgIpc) is 3.26. The highest BCUT2D eigenvalue weighted by Gasteiger charge is 2.25. The van der Waals surface area contributed by atoms with Gasteiger partial charge in [0.25, 0.3) is 5.91 Å². The fourth-order valence-corrected chi connectivity index (χ4v) is 3.97. The van der Waals surface area contributed by atoms with Gasteiger partial charge in [-0.1, -0.05) is 18.2 Å². The van der Waals surface area contributed by atoms with Gasteiger partial charge in [0, 0.05) is 37.7 Å². The van der Waals surface area contributed by atoms with Crippen molar-refractivity contribution < 1.29 is 19.1 Å². The number of benzene rings is 2. The van der Waals surface area contributed by atoms with E-state index in [-0.39, 0.29) is 24.6 Å². The number of hydrogen-bond donors (Lipinski definition) is 2. The number of carbonyl (C=O) groups excluding carboxylic acids is 2. The molecule has 0 radical (unpaired) electrons. The van der Waals surface area contributed by atoms with Crippen LogP contribution in [0.15, 0.2) is 42.5 Å². The number of carbonyl (C=O) groups is 2. The third-order valence-corrected chi connectivity index (χ3v) is 5.55. The van der Waals surface area contributed by atoms with Crippen LogP contribution in [0, 0.1) is 0 Å². The van der Waals surface area contributed by atoms with Gasteiger partial charge >= 0.3 is 6.03 Å². The number of hydrogen-bond acceptors (Lipinski definition) is 4. The van der Waals surface area contributed by atoms with Crippen molar-refractivity contribution in [2.75, 3.05) is 26.4 Å². The Morgan fingerprint density at radius 2 is 1.97 bits per heavy atom. The molecule has 0 aromatic heterocycles. The fourth-order valence-electron chi connectivity index (χ4n) is 3.97. The van der Waals surface area contributed by atoms with Crippen molar-refractivity contribution in [2.45, 2.75) is 32.2 Å². The van der Waals surface area contributed by atoms with Crippen molar-refractivity contribution >= 4 is 11.9 Å². The number of piperidine rings is 1. The number of fused-ring (bicyclic) bond motifs is 1. The quantitative estimate of drug-likeness (QED) is 0.795. The van der Waals surface area contributed by atoms with E-state index in [2.05, 4.69) is 10.6 Å². The average molecular weight is 409 g/mol. The first-order valence-electron chi connectivity index (χ1n) is 10.4. The molecule has 30 heavy (non-hydrogen) atoms. The van der Waals surface area contributed by atoms with Gasteiger partial charge in [-0.25, -0.2) is 4.79 Å². The molecule has 2 aromatic rings. The third-order valence-electron chi connectivity index (χ3n) is 5.55. The molecular formula is C23H27N3O4. The molecule has 1 saturated heterocycles. The number of ether oxygens (including phenoxy) is 2. The Balaban J connectivity index is 1.39. The first-order chi connectivity index (χ1) is 14.6. The largest absolute Gasteiger partial charge is 0.454 e. The Kier molecular flexibility index (Phi) is 6.07. The minimum absolute atomic E-state index is 0.0141. The smallest absolute Gasteiger partial charge is 0.317 e. The lowest BCUT2D eigenvalue weighted by Crippen LogP contribution is -2.44. The summed E-state index contributed by atoms with van der Waals surface area (Å²) in [6.07, 6.45) is 1.97. The van der Waals surface area contributed by atoms with Gasteiger partial charge in [-0.2, -0.15) is 0 Å². The molecule has 7 nitrogen and oxygen atoms in total. The highest BCUT2D eigenvalue weighted by atomic mass is 16.7. The van der Waals surface area contributed by atoms with Crippen LogP contribution in [0.25, 0.3) is 0 Å². The molecule has 158 valence electrons. The SMILES string of the molecule is CCNC(=O)N1CCCC(c2cccc(C(=O)NCc3ccc4c(c3)OCO4)c2)C1. The standard InChI is InChI=1S/C23H27N3O4/c1-2-24-23(28)26-10-4-7-19(14-26)17-5-3-6-18(12-17)22(27)25-13-16-8-9-20-21(11-16)30-15-29-20/h3,5-6,8-9,11-12,19H,2,4,7,10,13-15H2,1H3,(H,24,28)(H,25,27). The summed E-state index contributed by atoms with van der Waals surface area (Å²) in [4.78, 5) is 26.7. The predicted molar refractivity (Wildman–Crippen MR) is 113 cm³/mol. The molecule has 2 aliphatic rings. The molecule has 0 bridgehead atoms. The molecule has 0 aliphatic carbocycles. The molecule has 1 fully saturated rings. The summed E-state index contributed by atoms with van der Waals surface area (Å²) < 4.78 is 10.7. The molecular weight excluding hydrogens is 382 g/mol. The predicted octanol–water partition coefficient (Wildman–Crippen LogP) is 3.25. The number of likely N-dealkylation sites (tertiary alicyclic amines) is 1. The summed E-state index contributed by atoms with van der Waals surface area (Å²) in [6.45, 7) is 4.64. The van der Waals surface area contributed by atoms with Gasteiger partial charge in [-0.15, -0.1) is 0 Å². The zero-order valence-electron chi connectivity index (χ0n) is 17.1. The van der Waals surface area contributed by atoms with Crippen LogP contribution in [0.5, 0.6) is 11.5 Å². The van der Waals surface area contributed by atoms with E-state index in [0.717, 1.165) is 36.3 Å². The first-order valence-corrected chi connectivity index (χ1v) is 10.4. The lowest BCUT2D eigenvalue weighted by atomic mass is 9.89. The Bertz CT molecular complexity index is 930. The molecule has 0 saturated carbocycles. The first kappa shape index (κ1) is 20.1. The minimum atomic E-state index is -0.120. The molecule has 0 spiro atoms. The fraction of sp³-hybridized carbons (Fsp3) is 0.391. The second-order valence-electron chi connectivity index (χ2n) is 7.62. The molecule has 3 amide bonds. The van der Waals surface area contributed by atoms with Gasteiger partial charge < -0.3 is 25.0 Å². The zero-order valence-corrected chi connectivity index (χ0v) is 17.1. The highest BCUT2D eigenvalue weighted by molar-refractivity contribution is 5.94. The minimum Gasteiger partial charge on any atom is -0.454 e. The van der Waals surface area contributed by atoms with Gasteiger partial charge in [0.05, 0.1) is 0 Å². The molecule has 4 rings (SSSR count). The number of urea groups is 1. The summed E-state index contributed by atoms with van der Waals surface area (Å²) in [5.41, 5.74) is 2.68. The maximum atomic E-state index is 12.7. The maximum absolute atomic E-state index is 12.7. The zero-order chi connectivity index (χ0) is 20.9. The summed E-state index contributed by atoms with van der Waals surface area (Å²) in [5.74, 6) is 1.55. The van der Waals surface area contributed by atoms with E-state index >= 15 is 0 Å². The number of nitrogens with zero attached hydrogens (tertiary/aromatic N) is 1. The second-order valence-corrected chi connectivity index (χ2v) is 7.62. The van der Waals surface area contributed by atoms with Crippen LogP contribution in [0.1, 0.15) is 47.2 Å². The van der Waals surface area contributed by atoms with Gasteiger partial charge in [-0.3, -0.25) is 4.79 Å². The summed E-state index contributed by atoms with van der Waals surface area (Å²) in [7, 11) is 0. The van der Waals surface area contributed by atoms with Gasteiger partial charge in [0.1, 0.15) is 0 Å². The molecule has 2 aliphatic heterocycles. The summed E-state index contributed by atoms with van der Waals surface area (Å²) >= 11 is 0. The van der Waals surface area contributed by atoms with E-state index in [1.165, 1.54) is 0 Å². The lowest BCUT2D eigenvalue weighted by molar-refractivity contribution is 0.0950. The van der Waals surface area contributed by atoms with Crippen LogP contribution in [0.3, 0.4) is 0 Å². The topological polar surface area (TPSA) is 79.9 Å². The second kappa shape index (κ2) is 9.07. The van der Waals surface area contributed by atoms with E-state index in [1.807, 2.05) is 54.3 Å². The number of amides is 3. The maximum Gasteiger partial charge on any atom is 0.317 e. The highest BCUT2D eigenvalue weighted by Crippen LogP contribution is 2.32. The molecule has 2 aromatic carbocycles. The van der Waals surface area contributed by atoms with Gasteiger partial charge in [0.15, 0.2) is 11.5 Å². The van der Waals surface area contributed by atoms with Crippen LogP contribution in [-0.2, 0) is 6.54 Å². The molecule has 2 N–H and O–H groups in total. The number of nitrogens with one attached hydrogen (secondary N) is 2. The Morgan fingerprint density at radius 3 is 2.83 bits per heavy atom. The molecule has 1 unspecified atom stereocenters. The Labute approximate surface area is 176 Å². The van der Waals surface area contributed by atoms with Crippen LogP contribution in [-0.4, -0.2) is 43.3 Å². The van der Waals surface area contributed by atoms with E-state index in [0.29, 0.717) is 30.9 Å². The Morgan fingerprint density at radius 1 is 1.10 bits per heavy atom. The molecule has 2 heterocycles. The van der Waals surface area contributed by atoms with E-state index in [9.17, 15) is 9.59 Å². The van der Waals surface area contributed by atoms with Crippen LogP contribution in [0.2, 0.25) is 0 Å². The Hall–Kier alpha value is -3.22. The van der Waals surface area contributed by atoms with E-state index in [4.69, 9.17) is 9.47 Å². The lowest BCUT2D eigenvalue weighted by Gasteiger charge is -2.33. The van der Waals surface area contributed by atoms with Crippen LogP contribution >= 0.6 is 0 Å². The molecule has 1 atom stereocenters. The summed E-state index contributed by atoms with van der Waals surface area (Å²) in [6, 6.07) is 13.4. The third kappa shape index (κ3) is 4.50. The summed E-state index contributed by atoms with van der Waals surface area (Å²) in [5, 5.41) is 5.84. The number of rotatable bonds is 5. The van der Waals surface area contributed by atoms with Crippen molar-refractivity contribution in [2.24, 2.45) is 0 Å². The van der Waals surface area contributed by atoms with Crippen molar-refractivity contribution in [3.8, 4) is 11.5 Å².